The quantitative estimate of drug-likeness (QED) is 0.145. The van der Waals surface area contributed by atoms with Crippen molar-refractivity contribution >= 4 is 33.1 Å². The second-order valence-corrected chi connectivity index (χ2v) is 12.3. The smallest absolute Gasteiger partial charge is 0.251 e. The molecule has 9 nitrogen and oxygen atoms in total. The van der Waals surface area contributed by atoms with E-state index < -0.39 is 23.4 Å². The van der Waals surface area contributed by atoms with Gasteiger partial charge in [0, 0.05) is 30.1 Å². The van der Waals surface area contributed by atoms with Gasteiger partial charge in [-0.1, -0.05) is 19.9 Å². The number of amides is 1. The lowest BCUT2D eigenvalue weighted by molar-refractivity contribution is 0.0999. The Labute approximate surface area is 271 Å². The number of aromatic nitrogens is 4. The largest absolute Gasteiger partial charge is 0.487 e. The number of anilines is 1. The summed E-state index contributed by atoms with van der Waals surface area (Å²) in [4.78, 5) is 23.3. The molecular weight excluding hydrogens is 629 g/mol. The molecule has 0 aliphatic carbocycles. The van der Waals surface area contributed by atoms with Crippen molar-refractivity contribution < 1.29 is 27.1 Å². The van der Waals surface area contributed by atoms with Gasteiger partial charge in [0.2, 0.25) is 11.8 Å². The second kappa shape index (κ2) is 13.2. The third kappa shape index (κ3) is 6.80. The minimum atomic E-state index is -0.939. The first-order valence-corrected chi connectivity index (χ1v) is 15.5. The van der Waals surface area contributed by atoms with Crippen LogP contribution < -0.4 is 15.8 Å². The van der Waals surface area contributed by atoms with E-state index in [0.29, 0.717) is 56.8 Å². The van der Waals surface area contributed by atoms with Gasteiger partial charge >= 0.3 is 0 Å². The normalized spacial score (nSPS) is 11.4. The number of rotatable bonds is 11. The van der Waals surface area contributed by atoms with Crippen molar-refractivity contribution in [3.8, 4) is 27.6 Å². The Morgan fingerprint density at radius 2 is 1.79 bits per heavy atom. The van der Waals surface area contributed by atoms with Gasteiger partial charge in [0.05, 0.1) is 27.2 Å². The molecule has 0 unspecified atom stereocenters. The molecule has 47 heavy (non-hydrogen) atoms. The van der Waals surface area contributed by atoms with Crippen LogP contribution in [0.25, 0.3) is 32.0 Å². The first kappa shape index (κ1) is 31.7. The minimum absolute atomic E-state index is 0.0625. The third-order valence-corrected chi connectivity index (χ3v) is 8.42. The second-order valence-electron chi connectivity index (χ2n) is 11.3. The number of thiophene rings is 1. The number of pyridine rings is 2. The predicted molar refractivity (Wildman–Crippen MR) is 172 cm³/mol. The maximum Gasteiger partial charge on any atom is 0.251 e. The van der Waals surface area contributed by atoms with Crippen LogP contribution in [0.15, 0.2) is 65.2 Å². The molecule has 0 spiro atoms. The number of nitrogens with two attached hydrogens (primary N) is 1. The number of ether oxygens (including phenoxy) is 1. The zero-order chi connectivity index (χ0) is 33.2. The molecule has 2 aromatic carbocycles. The van der Waals surface area contributed by atoms with Crippen molar-refractivity contribution in [3.05, 3.63) is 107 Å². The SMILES string of the molecule is Cc1nnc(-c2c(COc3ccc(F)cc3)nc(CC(C)C)c(C(N)=O)c2-c2cc3ccnc(NCc4ccc(F)c(F)c4)c3s2)o1. The van der Waals surface area contributed by atoms with Crippen LogP contribution in [0, 0.1) is 30.3 Å². The van der Waals surface area contributed by atoms with Crippen LogP contribution in [-0.2, 0) is 19.6 Å². The summed E-state index contributed by atoms with van der Waals surface area (Å²) in [5.41, 5.74) is 8.56. The van der Waals surface area contributed by atoms with Gasteiger partial charge in [-0.05, 0) is 71.8 Å². The van der Waals surface area contributed by atoms with Gasteiger partial charge in [0.15, 0.2) is 11.6 Å². The van der Waals surface area contributed by atoms with Crippen LogP contribution in [0.2, 0.25) is 0 Å². The summed E-state index contributed by atoms with van der Waals surface area (Å²) >= 11 is 1.35. The number of carbonyl (C=O) groups excluding carboxylic acids is 1. The highest BCUT2D eigenvalue weighted by atomic mass is 32.1. The highest BCUT2D eigenvalue weighted by molar-refractivity contribution is 7.23. The van der Waals surface area contributed by atoms with Gasteiger partial charge in [-0.3, -0.25) is 9.78 Å². The molecular formula is C34H29F3N6O3S. The van der Waals surface area contributed by atoms with Crippen LogP contribution in [0.1, 0.15) is 47.0 Å². The van der Waals surface area contributed by atoms with Crippen molar-refractivity contribution in [2.24, 2.45) is 11.7 Å². The Morgan fingerprint density at radius 1 is 1.00 bits per heavy atom. The zero-order valence-corrected chi connectivity index (χ0v) is 26.4. The molecule has 0 fully saturated rings. The molecule has 3 N–H and O–H groups in total. The molecule has 6 rings (SSSR count). The van der Waals surface area contributed by atoms with Crippen molar-refractivity contribution in [1.82, 2.24) is 20.2 Å². The van der Waals surface area contributed by atoms with Gasteiger partial charge in [-0.25, -0.2) is 18.2 Å². The average Bonchev–Trinajstić information content (AvgIpc) is 3.67. The maximum absolute atomic E-state index is 13.8. The Morgan fingerprint density at radius 3 is 2.47 bits per heavy atom. The van der Waals surface area contributed by atoms with Crippen LogP contribution in [0.5, 0.6) is 5.75 Å². The van der Waals surface area contributed by atoms with Crippen molar-refractivity contribution in [2.45, 2.75) is 40.3 Å². The standard InChI is InChI=1S/C34H29F3N6O3S/c1-17(2)12-25-28(32(38)44)30(29(34-43-42-18(3)46-34)26(41-25)16-45-22-7-5-21(35)6-8-22)27-14-20-10-11-39-33(31(20)47-27)40-15-19-4-9-23(36)24(37)13-19/h4-11,13-14,17H,12,15-16H2,1-3H3,(H2,38,44)(H,39,40). The number of fused-ring (bicyclic) bond motifs is 1. The number of hydrogen-bond acceptors (Lipinski definition) is 9. The van der Waals surface area contributed by atoms with Crippen molar-refractivity contribution in [1.29, 1.82) is 0 Å². The molecule has 4 aromatic heterocycles. The fraction of sp³-hybridized carbons (Fsp3) is 0.206. The Hall–Kier alpha value is -5.30. The number of nitrogens with zero attached hydrogens (tertiary/aromatic N) is 4. The van der Waals surface area contributed by atoms with E-state index in [0.717, 1.165) is 22.2 Å². The first-order chi connectivity index (χ1) is 22.6. The van der Waals surface area contributed by atoms with E-state index in [9.17, 15) is 18.0 Å². The number of nitrogens with one attached hydrogen (secondary N) is 1. The summed E-state index contributed by atoms with van der Waals surface area (Å²) in [6, 6.07) is 13.0. The summed E-state index contributed by atoms with van der Waals surface area (Å²) in [6.45, 7) is 5.79. The summed E-state index contributed by atoms with van der Waals surface area (Å²) in [5.74, 6) is -1.49. The molecule has 0 saturated heterocycles. The molecule has 0 saturated carbocycles. The number of aryl methyl sites for hydroxylation is 1. The molecule has 0 bridgehead atoms. The molecule has 4 heterocycles. The topological polar surface area (TPSA) is 129 Å². The van der Waals surface area contributed by atoms with Crippen LogP contribution in [0.4, 0.5) is 19.0 Å². The molecule has 0 aliphatic heterocycles. The average molecular weight is 659 g/mol. The van der Waals surface area contributed by atoms with E-state index in [-0.39, 0.29) is 30.5 Å². The fourth-order valence-electron chi connectivity index (χ4n) is 5.20. The lowest BCUT2D eigenvalue weighted by Gasteiger charge is -2.19. The number of hydrogen-bond donors (Lipinski definition) is 2. The van der Waals surface area contributed by atoms with Crippen molar-refractivity contribution in [3.63, 3.8) is 0 Å². The molecule has 240 valence electrons. The summed E-state index contributed by atoms with van der Waals surface area (Å²) < 4.78 is 53.6. The van der Waals surface area contributed by atoms with E-state index in [2.05, 4.69) is 20.5 Å². The zero-order valence-electron chi connectivity index (χ0n) is 25.6. The monoisotopic (exact) mass is 658 g/mol. The van der Waals surface area contributed by atoms with Gasteiger partial charge in [-0.2, -0.15) is 0 Å². The maximum atomic E-state index is 13.8. The van der Waals surface area contributed by atoms with E-state index >= 15 is 0 Å². The molecule has 0 radical (unpaired) electrons. The Kier molecular flexibility index (Phi) is 8.90. The highest BCUT2D eigenvalue weighted by Crippen LogP contribution is 2.44. The molecule has 6 aromatic rings. The van der Waals surface area contributed by atoms with Gasteiger partial charge in [-0.15, -0.1) is 21.5 Å². The molecule has 0 atom stereocenters. The first-order valence-electron chi connectivity index (χ1n) is 14.7. The minimum Gasteiger partial charge on any atom is -0.487 e. The van der Waals surface area contributed by atoms with Gasteiger partial charge in [0.25, 0.3) is 5.91 Å². The predicted octanol–water partition coefficient (Wildman–Crippen LogP) is 7.62. The number of carbonyl (C=O) groups is 1. The van der Waals surface area contributed by atoms with Gasteiger partial charge in [0.1, 0.15) is 24.0 Å². The number of benzene rings is 2. The van der Waals surface area contributed by atoms with E-state index in [1.165, 1.54) is 41.7 Å². The van der Waals surface area contributed by atoms with Crippen LogP contribution >= 0.6 is 11.3 Å². The lowest BCUT2D eigenvalue weighted by atomic mass is 9.92. The summed E-state index contributed by atoms with van der Waals surface area (Å²) in [5, 5.41) is 12.3. The number of primary amides is 1. The van der Waals surface area contributed by atoms with E-state index in [4.69, 9.17) is 19.9 Å². The fourth-order valence-corrected chi connectivity index (χ4v) is 6.38. The molecule has 0 aliphatic rings. The van der Waals surface area contributed by atoms with Crippen LogP contribution in [-0.4, -0.2) is 26.1 Å². The molecule has 1 amide bonds. The van der Waals surface area contributed by atoms with Crippen molar-refractivity contribution in [2.75, 3.05) is 5.32 Å². The Balaban J connectivity index is 1.52. The van der Waals surface area contributed by atoms with E-state index in [1.807, 2.05) is 26.0 Å². The molecule has 13 heteroatoms. The summed E-state index contributed by atoms with van der Waals surface area (Å²) in [7, 11) is 0. The highest BCUT2D eigenvalue weighted by Gasteiger charge is 2.30. The van der Waals surface area contributed by atoms with Gasteiger partial charge < -0.3 is 20.2 Å². The number of halogens is 3. The third-order valence-electron chi connectivity index (χ3n) is 7.25. The summed E-state index contributed by atoms with van der Waals surface area (Å²) in [6.07, 6.45) is 2.06. The van der Waals surface area contributed by atoms with Crippen LogP contribution in [0.3, 0.4) is 0 Å². The van der Waals surface area contributed by atoms with E-state index in [1.54, 1.807) is 13.1 Å². The Bertz CT molecular complexity index is 2100. The lowest BCUT2D eigenvalue weighted by Crippen LogP contribution is -2.20.